The maximum absolute atomic E-state index is 4.00. The van der Waals surface area contributed by atoms with E-state index in [1.165, 1.54) is 20.9 Å². The van der Waals surface area contributed by atoms with Gasteiger partial charge in [-0.3, -0.25) is 0 Å². The van der Waals surface area contributed by atoms with Crippen molar-refractivity contribution in [3.63, 3.8) is 0 Å². The lowest BCUT2D eigenvalue weighted by molar-refractivity contribution is 1.22. The topological polar surface area (TPSA) is 0 Å². The zero-order valence-corrected chi connectivity index (χ0v) is 13.4. The van der Waals surface area contributed by atoms with E-state index < -0.39 is 0 Å². The first-order valence-electron chi connectivity index (χ1n) is 6.42. The Morgan fingerprint density at radius 2 is 1.83 bits per heavy atom. The maximum Gasteiger partial charge on any atom is 0.00952 e. The van der Waals surface area contributed by atoms with Crippen molar-refractivity contribution in [1.29, 1.82) is 0 Å². The van der Waals surface area contributed by atoms with E-state index in [9.17, 15) is 0 Å². The lowest BCUT2D eigenvalue weighted by atomic mass is 10.1. The second-order valence-corrected chi connectivity index (χ2v) is 4.84. The molecule has 0 N–H and O–H groups in total. The first-order valence-corrected chi connectivity index (χ1v) is 7.24. The summed E-state index contributed by atoms with van der Waals surface area (Å²) in [6, 6.07) is 2.27. The van der Waals surface area contributed by atoms with Gasteiger partial charge < -0.3 is 0 Å². The van der Waals surface area contributed by atoms with Crippen molar-refractivity contribution in [2.45, 2.75) is 48.0 Å². The van der Waals surface area contributed by atoms with E-state index in [1.807, 2.05) is 25.2 Å². The summed E-state index contributed by atoms with van der Waals surface area (Å²) in [6.45, 7) is 12.6. The molecule has 0 radical (unpaired) electrons. The molecule has 1 aromatic heterocycles. The summed E-state index contributed by atoms with van der Waals surface area (Å²) in [4.78, 5) is 2.80. The predicted molar refractivity (Wildman–Crippen MR) is 88.1 cm³/mol. The van der Waals surface area contributed by atoms with Crippen molar-refractivity contribution < 1.29 is 0 Å². The Labute approximate surface area is 117 Å². The molecule has 1 heteroatoms. The molecule has 0 aromatic carbocycles. The minimum atomic E-state index is 1.10. The molecule has 0 saturated carbocycles. The third-order valence-electron chi connectivity index (χ3n) is 2.20. The Balaban J connectivity index is 0. The van der Waals surface area contributed by atoms with E-state index in [-0.39, 0.29) is 0 Å². The Morgan fingerprint density at radius 1 is 1.28 bits per heavy atom. The monoisotopic (exact) mass is 262 g/mol. The molecule has 1 aromatic rings. The molecule has 0 aliphatic heterocycles. The van der Waals surface area contributed by atoms with Crippen LogP contribution in [0.2, 0.25) is 0 Å². The highest BCUT2D eigenvalue weighted by molar-refractivity contribution is 7.12. The van der Waals surface area contributed by atoms with Gasteiger partial charge in [0, 0.05) is 9.75 Å². The minimum absolute atomic E-state index is 1.10. The number of terminal acetylenes is 1. The summed E-state index contributed by atoms with van der Waals surface area (Å²) in [6.07, 6.45) is 15.7. The molecule has 0 atom stereocenters. The normalized spacial score (nSPS) is 10.3. The van der Waals surface area contributed by atoms with Crippen molar-refractivity contribution in [2.75, 3.05) is 0 Å². The van der Waals surface area contributed by atoms with E-state index >= 15 is 0 Å². The summed E-state index contributed by atoms with van der Waals surface area (Å²) >= 11 is 1.87. The van der Waals surface area contributed by atoms with E-state index in [2.05, 4.69) is 64.8 Å². The molecule has 0 unspecified atom stereocenters. The number of thiophene rings is 1. The first-order chi connectivity index (χ1) is 8.69. The van der Waals surface area contributed by atoms with Gasteiger partial charge in [0.05, 0.1) is 0 Å². The van der Waals surface area contributed by atoms with Gasteiger partial charge in [-0.05, 0) is 44.4 Å². The van der Waals surface area contributed by atoms with Gasteiger partial charge >= 0.3 is 0 Å². The van der Waals surface area contributed by atoms with Crippen molar-refractivity contribution in [3.8, 4) is 12.8 Å². The Morgan fingerprint density at radius 3 is 2.17 bits per heavy atom. The van der Waals surface area contributed by atoms with Crippen LogP contribution in [0.3, 0.4) is 0 Å². The van der Waals surface area contributed by atoms with Crippen LogP contribution < -0.4 is 0 Å². The van der Waals surface area contributed by atoms with Gasteiger partial charge in [0.2, 0.25) is 0 Å². The van der Waals surface area contributed by atoms with Crippen LogP contribution in [0.4, 0.5) is 0 Å². The SMILES string of the molecule is C#C.C/C=C(\C=C/CC)c1cc(C)sc1C.CC. The summed E-state index contributed by atoms with van der Waals surface area (Å²) < 4.78 is 0. The second kappa shape index (κ2) is 12.2. The van der Waals surface area contributed by atoms with Gasteiger partial charge in [0.25, 0.3) is 0 Å². The van der Waals surface area contributed by atoms with Crippen molar-refractivity contribution in [2.24, 2.45) is 0 Å². The van der Waals surface area contributed by atoms with E-state index in [0.717, 1.165) is 6.42 Å². The Hall–Kier alpha value is -1.26. The van der Waals surface area contributed by atoms with Crippen molar-refractivity contribution in [3.05, 3.63) is 39.6 Å². The van der Waals surface area contributed by atoms with Crippen LogP contribution in [0.5, 0.6) is 0 Å². The molecule has 0 aliphatic rings. The molecule has 1 heterocycles. The third-order valence-corrected chi connectivity index (χ3v) is 3.16. The van der Waals surface area contributed by atoms with Gasteiger partial charge in [-0.25, -0.2) is 0 Å². The number of allylic oxidation sites excluding steroid dienone is 4. The number of hydrogen-bond acceptors (Lipinski definition) is 1. The van der Waals surface area contributed by atoms with Crippen molar-refractivity contribution in [1.82, 2.24) is 0 Å². The standard InChI is InChI=1S/C13H18S.C2H6.C2H2/c1-5-7-8-12(6-2)13-9-10(3)14-11(13)4;2*1-2/h6-9H,5H2,1-4H3;1-2H3;1-2H/b8-7-,12-6+;;. The smallest absolute Gasteiger partial charge is 0.00952 e. The van der Waals surface area contributed by atoms with Gasteiger partial charge in [-0.1, -0.05) is 39.0 Å². The minimum Gasteiger partial charge on any atom is -0.145 e. The van der Waals surface area contributed by atoms with Gasteiger partial charge in [0.1, 0.15) is 0 Å². The Kier molecular flexibility index (Phi) is 12.9. The van der Waals surface area contributed by atoms with Crippen LogP contribution in [0.1, 0.15) is 49.4 Å². The van der Waals surface area contributed by atoms with E-state index in [1.54, 1.807) is 0 Å². The molecular formula is C17H26S. The van der Waals surface area contributed by atoms with E-state index in [0.29, 0.717) is 0 Å². The number of hydrogen-bond donors (Lipinski definition) is 0. The number of rotatable bonds is 3. The largest absolute Gasteiger partial charge is 0.145 e. The molecular weight excluding hydrogens is 236 g/mol. The molecule has 0 aliphatic carbocycles. The molecule has 0 fully saturated rings. The lowest BCUT2D eigenvalue weighted by Gasteiger charge is -1.99. The van der Waals surface area contributed by atoms with Gasteiger partial charge in [-0.15, -0.1) is 24.2 Å². The lowest BCUT2D eigenvalue weighted by Crippen LogP contribution is -1.79. The van der Waals surface area contributed by atoms with Crippen LogP contribution >= 0.6 is 11.3 Å². The fourth-order valence-electron chi connectivity index (χ4n) is 1.50. The zero-order valence-electron chi connectivity index (χ0n) is 12.6. The molecule has 0 saturated heterocycles. The number of aryl methyl sites for hydroxylation is 2. The molecule has 1 rings (SSSR count). The fourth-order valence-corrected chi connectivity index (χ4v) is 2.45. The molecule has 0 amide bonds. The van der Waals surface area contributed by atoms with Gasteiger partial charge in [-0.2, -0.15) is 0 Å². The highest BCUT2D eigenvalue weighted by atomic mass is 32.1. The Bertz CT molecular complexity index is 389. The van der Waals surface area contributed by atoms with Crippen LogP contribution in [0, 0.1) is 26.7 Å². The average molecular weight is 262 g/mol. The average Bonchev–Trinajstić information content (AvgIpc) is 2.74. The summed E-state index contributed by atoms with van der Waals surface area (Å²) in [5.74, 6) is 0. The highest BCUT2D eigenvalue weighted by Crippen LogP contribution is 2.27. The summed E-state index contributed by atoms with van der Waals surface area (Å²) in [7, 11) is 0. The first kappa shape index (κ1) is 19.1. The van der Waals surface area contributed by atoms with Crippen LogP contribution in [0.15, 0.2) is 24.3 Å². The molecule has 0 bridgehead atoms. The molecule has 18 heavy (non-hydrogen) atoms. The van der Waals surface area contributed by atoms with Crippen LogP contribution in [-0.4, -0.2) is 0 Å². The maximum atomic E-state index is 4.00. The summed E-state index contributed by atoms with van der Waals surface area (Å²) in [5, 5.41) is 0. The second-order valence-electron chi connectivity index (χ2n) is 3.38. The molecule has 0 spiro atoms. The van der Waals surface area contributed by atoms with E-state index in [4.69, 9.17) is 0 Å². The highest BCUT2D eigenvalue weighted by Gasteiger charge is 2.04. The van der Waals surface area contributed by atoms with Gasteiger partial charge in [0.15, 0.2) is 0 Å². The van der Waals surface area contributed by atoms with Crippen molar-refractivity contribution >= 4 is 16.9 Å². The summed E-state index contributed by atoms with van der Waals surface area (Å²) in [5.41, 5.74) is 2.73. The molecule has 100 valence electrons. The van der Waals surface area contributed by atoms with Crippen LogP contribution in [0.25, 0.3) is 5.57 Å². The molecule has 0 nitrogen and oxygen atoms in total. The third kappa shape index (κ3) is 6.47. The van der Waals surface area contributed by atoms with Crippen LogP contribution in [-0.2, 0) is 0 Å². The fraction of sp³-hybridized carbons (Fsp3) is 0.412. The zero-order chi connectivity index (χ0) is 14.6. The quantitative estimate of drug-likeness (QED) is 0.462. The predicted octanol–water partition coefficient (Wildman–Crippen LogP) is 6.01.